The molecule has 0 atom stereocenters. The number of aromatic nitrogens is 2. The molecule has 2 aromatic rings. The summed E-state index contributed by atoms with van der Waals surface area (Å²) in [5.41, 5.74) is -0.414. The molecule has 0 N–H and O–H groups in total. The van der Waals surface area contributed by atoms with Crippen LogP contribution in [0, 0.1) is 10.1 Å². The Bertz CT molecular complexity index is 773. The molecular formula is C13H12F3N3O4. The van der Waals surface area contributed by atoms with E-state index in [0.29, 0.717) is 5.52 Å². The van der Waals surface area contributed by atoms with Crippen molar-refractivity contribution in [3.63, 3.8) is 0 Å². The van der Waals surface area contributed by atoms with Crippen molar-refractivity contribution in [3.05, 3.63) is 45.0 Å². The van der Waals surface area contributed by atoms with Gasteiger partial charge in [-0.2, -0.15) is 13.2 Å². The van der Waals surface area contributed by atoms with Crippen molar-refractivity contribution in [3.8, 4) is 0 Å². The number of nitro benzene ring substituents is 1. The van der Waals surface area contributed by atoms with Crippen molar-refractivity contribution in [1.82, 2.24) is 9.55 Å². The zero-order valence-corrected chi connectivity index (χ0v) is 11.7. The Kier molecular flexibility index (Phi) is 4.94. The second kappa shape index (κ2) is 6.73. The van der Waals surface area contributed by atoms with E-state index in [9.17, 15) is 28.1 Å². The number of fused-ring (bicyclic) bond motifs is 1. The van der Waals surface area contributed by atoms with Crippen molar-refractivity contribution < 1.29 is 22.8 Å². The number of nitro groups is 1. The average molecular weight is 331 g/mol. The quantitative estimate of drug-likeness (QED) is 0.460. The highest BCUT2D eigenvalue weighted by atomic mass is 19.4. The summed E-state index contributed by atoms with van der Waals surface area (Å²) in [6, 6.07) is 3.73. The molecule has 124 valence electrons. The van der Waals surface area contributed by atoms with Crippen LogP contribution in [-0.4, -0.2) is 33.9 Å². The molecule has 0 aliphatic rings. The molecule has 0 bridgehead atoms. The molecule has 0 saturated heterocycles. The molecule has 0 unspecified atom stereocenters. The number of non-ortho nitro benzene ring substituents is 1. The standard InChI is InChI=1S/C13H12F3N3O4/c14-13(15,16)7-23-5-1-4-18-8-17-11-3-2-9(19(21)22)6-10(11)12(18)20/h2-3,6,8H,1,4-5,7H2. The lowest BCUT2D eigenvalue weighted by molar-refractivity contribution is -0.384. The summed E-state index contributed by atoms with van der Waals surface area (Å²) in [7, 11) is 0. The van der Waals surface area contributed by atoms with E-state index in [4.69, 9.17) is 0 Å². The van der Waals surface area contributed by atoms with Gasteiger partial charge in [0.25, 0.3) is 11.2 Å². The summed E-state index contributed by atoms with van der Waals surface area (Å²) in [6.45, 7) is -1.41. The number of aryl methyl sites for hydroxylation is 1. The maximum absolute atomic E-state index is 12.2. The molecule has 0 spiro atoms. The lowest BCUT2D eigenvalue weighted by Crippen LogP contribution is -2.22. The zero-order valence-electron chi connectivity index (χ0n) is 11.7. The first-order valence-electron chi connectivity index (χ1n) is 6.56. The van der Waals surface area contributed by atoms with Crippen LogP contribution in [-0.2, 0) is 11.3 Å². The van der Waals surface area contributed by atoms with Gasteiger partial charge in [0.15, 0.2) is 0 Å². The summed E-state index contributed by atoms with van der Waals surface area (Å²) >= 11 is 0. The summed E-state index contributed by atoms with van der Waals surface area (Å²) in [4.78, 5) is 26.3. The summed E-state index contributed by atoms with van der Waals surface area (Å²) in [5.74, 6) is 0. The molecule has 1 heterocycles. The topological polar surface area (TPSA) is 87.3 Å². The lowest BCUT2D eigenvalue weighted by atomic mass is 10.2. The van der Waals surface area contributed by atoms with Crippen molar-refractivity contribution in [2.75, 3.05) is 13.2 Å². The Morgan fingerprint density at radius 1 is 1.35 bits per heavy atom. The summed E-state index contributed by atoms with van der Waals surface area (Å²) < 4.78 is 41.3. The van der Waals surface area contributed by atoms with Crippen molar-refractivity contribution in [2.24, 2.45) is 0 Å². The van der Waals surface area contributed by atoms with Crippen molar-refractivity contribution in [2.45, 2.75) is 19.1 Å². The van der Waals surface area contributed by atoms with Gasteiger partial charge in [-0.3, -0.25) is 19.5 Å². The molecule has 0 fully saturated rings. The largest absolute Gasteiger partial charge is 0.411 e. The second-order valence-corrected chi connectivity index (χ2v) is 4.72. The van der Waals surface area contributed by atoms with Crippen LogP contribution < -0.4 is 5.56 Å². The molecule has 0 aliphatic carbocycles. The third-order valence-electron chi connectivity index (χ3n) is 2.97. The number of benzene rings is 1. The molecule has 0 saturated carbocycles. The minimum atomic E-state index is -4.39. The molecule has 1 aromatic heterocycles. The normalized spacial score (nSPS) is 11.8. The van der Waals surface area contributed by atoms with Crippen LogP contribution in [0.25, 0.3) is 10.9 Å². The van der Waals surface area contributed by atoms with E-state index in [1.54, 1.807) is 0 Å². The second-order valence-electron chi connectivity index (χ2n) is 4.72. The Balaban J connectivity index is 2.08. The SMILES string of the molecule is O=c1c2cc([N+](=O)[O-])ccc2ncn1CCCOCC(F)(F)F. The number of ether oxygens (including phenoxy) is 1. The van der Waals surface area contributed by atoms with Gasteiger partial charge in [-0.25, -0.2) is 4.98 Å². The minimum Gasteiger partial charge on any atom is -0.372 e. The van der Waals surface area contributed by atoms with E-state index in [2.05, 4.69) is 9.72 Å². The molecule has 0 amide bonds. The minimum absolute atomic E-state index is 0.0814. The highest BCUT2D eigenvalue weighted by Crippen LogP contribution is 2.16. The fourth-order valence-corrected chi connectivity index (χ4v) is 1.94. The van der Waals surface area contributed by atoms with Gasteiger partial charge in [-0.05, 0) is 12.5 Å². The fourth-order valence-electron chi connectivity index (χ4n) is 1.94. The predicted molar refractivity (Wildman–Crippen MR) is 74.1 cm³/mol. The van der Waals surface area contributed by atoms with Gasteiger partial charge in [0.1, 0.15) is 6.61 Å². The average Bonchev–Trinajstić information content (AvgIpc) is 2.47. The van der Waals surface area contributed by atoms with Gasteiger partial charge in [-0.1, -0.05) is 0 Å². The van der Waals surface area contributed by atoms with Crippen LogP contribution in [0.4, 0.5) is 18.9 Å². The highest BCUT2D eigenvalue weighted by Gasteiger charge is 2.27. The highest BCUT2D eigenvalue weighted by molar-refractivity contribution is 5.79. The van der Waals surface area contributed by atoms with E-state index in [0.717, 1.165) is 6.07 Å². The molecule has 23 heavy (non-hydrogen) atoms. The molecule has 10 heteroatoms. The molecule has 0 aliphatic heterocycles. The van der Waals surface area contributed by atoms with Gasteiger partial charge in [-0.15, -0.1) is 0 Å². The lowest BCUT2D eigenvalue weighted by Gasteiger charge is -2.09. The van der Waals surface area contributed by atoms with Crippen LogP contribution in [0.15, 0.2) is 29.3 Å². The number of nitrogens with zero attached hydrogens (tertiary/aromatic N) is 3. The number of alkyl halides is 3. The van der Waals surface area contributed by atoms with Crippen LogP contribution in [0.1, 0.15) is 6.42 Å². The summed E-state index contributed by atoms with van der Waals surface area (Å²) in [6.07, 6.45) is -2.96. The Hall–Kier alpha value is -2.49. The Labute approximate surface area is 127 Å². The van der Waals surface area contributed by atoms with Crippen molar-refractivity contribution >= 4 is 16.6 Å². The van der Waals surface area contributed by atoms with Gasteiger partial charge in [0.2, 0.25) is 0 Å². The first-order chi connectivity index (χ1) is 10.8. The van der Waals surface area contributed by atoms with Crippen LogP contribution in [0.5, 0.6) is 0 Å². The van der Waals surface area contributed by atoms with Crippen molar-refractivity contribution in [1.29, 1.82) is 0 Å². The number of rotatable bonds is 6. The van der Waals surface area contributed by atoms with E-state index >= 15 is 0 Å². The van der Waals surface area contributed by atoms with Gasteiger partial charge >= 0.3 is 6.18 Å². The van der Waals surface area contributed by atoms with E-state index < -0.39 is 23.3 Å². The summed E-state index contributed by atoms with van der Waals surface area (Å²) in [5, 5.41) is 10.8. The van der Waals surface area contributed by atoms with E-state index in [-0.39, 0.29) is 30.6 Å². The van der Waals surface area contributed by atoms with E-state index in [1.165, 1.54) is 23.0 Å². The third-order valence-corrected chi connectivity index (χ3v) is 2.97. The smallest absolute Gasteiger partial charge is 0.372 e. The molecule has 1 aromatic carbocycles. The maximum atomic E-state index is 12.2. The first kappa shape index (κ1) is 16.9. The molecule has 0 radical (unpaired) electrons. The fraction of sp³-hybridized carbons (Fsp3) is 0.385. The maximum Gasteiger partial charge on any atom is 0.411 e. The predicted octanol–water partition coefficient (Wildman–Crippen LogP) is 2.27. The van der Waals surface area contributed by atoms with Gasteiger partial charge in [0, 0.05) is 25.3 Å². The van der Waals surface area contributed by atoms with E-state index in [1.807, 2.05) is 0 Å². The zero-order chi connectivity index (χ0) is 17.0. The first-order valence-corrected chi connectivity index (χ1v) is 6.56. The monoisotopic (exact) mass is 331 g/mol. The van der Waals surface area contributed by atoms with Gasteiger partial charge < -0.3 is 4.74 Å². The van der Waals surface area contributed by atoms with Crippen LogP contribution >= 0.6 is 0 Å². The molecule has 2 rings (SSSR count). The molecule has 7 nitrogen and oxygen atoms in total. The van der Waals surface area contributed by atoms with Crippen LogP contribution in [0.3, 0.4) is 0 Å². The van der Waals surface area contributed by atoms with Gasteiger partial charge in [0.05, 0.1) is 22.2 Å². The third kappa shape index (κ3) is 4.49. The Morgan fingerprint density at radius 2 is 2.09 bits per heavy atom. The number of hydrogen-bond donors (Lipinski definition) is 0. The van der Waals surface area contributed by atoms with Crippen LogP contribution in [0.2, 0.25) is 0 Å². The Morgan fingerprint density at radius 3 is 2.74 bits per heavy atom. The number of halogens is 3. The molecular weight excluding hydrogens is 319 g/mol. The number of hydrogen-bond acceptors (Lipinski definition) is 5.